The molecule has 0 saturated carbocycles. The van der Waals surface area contributed by atoms with Crippen molar-refractivity contribution in [2.45, 2.75) is 0 Å². The van der Waals surface area contributed by atoms with E-state index in [2.05, 4.69) is 127 Å². The fourth-order valence-corrected chi connectivity index (χ4v) is 5.02. The second-order valence-corrected chi connectivity index (χ2v) is 8.41. The second kappa shape index (κ2) is 6.66. The summed E-state index contributed by atoms with van der Waals surface area (Å²) < 4.78 is 4.48. The largest absolute Gasteiger partial charge is 0.309 e. The van der Waals surface area contributed by atoms with Gasteiger partial charge in [0, 0.05) is 25.4 Å². The molecule has 0 fully saturated rings. The summed E-state index contributed by atoms with van der Waals surface area (Å²) >= 11 is 7.21. The molecule has 3 heteroatoms. The van der Waals surface area contributed by atoms with Gasteiger partial charge < -0.3 is 4.57 Å². The van der Waals surface area contributed by atoms with Gasteiger partial charge in [0.25, 0.3) is 0 Å². The highest BCUT2D eigenvalue weighted by Crippen LogP contribution is 2.35. The maximum atomic E-state index is 3.60. The van der Waals surface area contributed by atoms with Crippen LogP contribution in [0.15, 0.2) is 99.9 Å². The van der Waals surface area contributed by atoms with Gasteiger partial charge >= 0.3 is 0 Å². The number of benzene rings is 4. The maximum absolute atomic E-state index is 3.60. The highest BCUT2D eigenvalue weighted by molar-refractivity contribution is 9.11. The fraction of sp³-hybridized carbons (Fsp3) is 0. The number of hydrogen-bond acceptors (Lipinski definition) is 0. The van der Waals surface area contributed by atoms with Crippen LogP contribution in [-0.2, 0) is 0 Å². The molecule has 0 radical (unpaired) electrons. The molecule has 5 aromatic rings. The third-order valence-corrected chi connectivity index (χ3v) is 5.80. The van der Waals surface area contributed by atoms with E-state index in [1.807, 2.05) is 0 Å². The normalized spacial score (nSPS) is 11.3. The molecule has 4 aromatic carbocycles. The van der Waals surface area contributed by atoms with Crippen molar-refractivity contribution in [2.75, 3.05) is 0 Å². The van der Waals surface area contributed by atoms with Crippen LogP contribution in [0.2, 0.25) is 0 Å². The Morgan fingerprint density at radius 3 is 1.96 bits per heavy atom. The summed E-state index contributed by atoms with van der Waals surface area (Å²) in [6, 6.07) is 32.3. The lowest BCUT2D eigenvalue weighted by atomic mass is 10.0. The minimum Gasteiger partial charge on any atom is -0.309 e. The van der Waals surface area contributed by atoms with Crippen LogP contribution in [0.1, 0.15) is 0 Å². The molecule has 0 unspecified atom stereocenters. The first-order valence-electron chi connectivity index (χ1n) is 8.76. The van der Waals surface area contributed by atoms with Crippen LogP contribution < -0.4 is 0 Å². The van der Waals surface area contributed by atoms with Crippen molar-refractivity contribution in [2.24, 2.45) is 0 Å². The van der Waals surface area contributed by atoms with Gasteiger partial charge in [-0.3, -0.25) is 0 Å². The number of fused-ring (bicyclic) bond motifs is 3. The van der Waals surface area contributed by atoms with Crippen LogP contribution in [0.3, 0.4) is 0 Å². The van der Waals surface area contributed by atoms with Gasteiger partial charge in [0.05, 0.1) is 11.0 Å². The molecular formula is C24H15Br2N. The van der Waals surface area contributed by atoms with Crippen LogP contribution in [0.5, 0.6) is 0 Å². The molecule has 27 heavy (non-hydrogen) atoms. The Bertz CT molecular complexity index is 1270. The predicted molar refractivity (Wildman–Crippen MR) is 122 cm³/mol. The average Bonchev–Trinajstić information content (AvgIpc) is 3.01. The highest BCUT2D eigenvalue weighted by atomic mass is 79.9. The number of para-hydroxylation sites is 2. The first-order valence-corrected chi connectivity index (χ1v) is 10.3. The van der Waals surface area contributed by atoms with E-state index >= 15 is 0 Å². The van der Waals surface area contributed by atoms with Gasteiger partial charge in [0.15, 0.2) is 0 Å². The molecule has 0 saturated heterocycles. The quantitative estimate of drug-likeness (QED) is 0.243. The van der Waals surface area contributed by atoms with E-state index in [1.54, 1.807) is 0 Å². The summed E-state index contributed by atoms with van der Waals surface area (Å²) in [5.41, 5.74) is 6.01. The van der Waals surface area contributed by atoms with Crippen LogP contribution in [0.25, 0.3) is 38.6 Å². The summed E-state index contributed by atoms with van der Waals surface area (Å²) in [4.78, 5) is 0. The van der Waals surface area contributed by atoms with Gasteiger partial charge in [-0.15, -0.1) is 0 Å². The topological polar surface area (TPSA) is 4.93 Å². The van der Waals surface area contributed by atoms with E-state index in [0.717, 1.165) is 8.95 Å². The molecule has 0 atom stereocenters. The van der Waals surface area contributed by atoms with Gasteiger partial charge in [-0.2, -0.15) is 0 Å². The number of halogens is 2. The minimum atomic E-state index is 1.07. The smallest absolute Gasteiger partial charge is 0.0547 e. The zero-order valence-electron chi connectivity index (χ0n) is 14.4. The van der Waals surface area contributed by atoms with Gasteiger partial charge in [-0.05, 0) is 53.6 Å². The average molecular weight is 477 g/mol. The lowest BCUT2D eigenvalue weighted by Gasteiger charge is -2.09. The van der Waals surface area contributed by atoms with E-state index in [1.165, 1.54) is 38.6 Å². The zero-order valence-corrected chi connectivity index (χ0v) is 17.5. The molecule has 0 spiro atoms. The van der Waals surface area contributed by atoms with Crippen molar-refractivity contribution in [3.63, 3.8) is 0 Å². The van der Waals surface area contributed by atoms with Crippen LogP contribution in [0, 0.1) is 0 Å². The number of aromatic nitrogens is 1. The van der Waals surface area contributed by atoms with Crippen molar-refractivity contribution >= 4 is 53.7 Å². The van der Waals surface area contributed by atoms with Crippen LogP contribution in [-0.4, -0.2) is 4.57 Å². The standard InChI is InChI=1S/C24H15Br2N/c25-18-12-17(13-19(26)15-18)16-10-11-22-21-8-4-5-9-23(21)27(24(22)14-16)20-6-2-1-3-7-20/h1-15H. The van der Waals surface area contributed by atoms with Gasteiger partial charge in [0.1, 0.15) is 0 Å². The molecule has 130 valence electrons. The first kappa shape index (κ1) is 16.8. The molecule has 1 nitrogen and oxygen atoms in total. The maximum Gasteiger partial charge on any atom is 0.0547 e. The first-order chi connectivity index (χ1) is 13.2. The van der Waals surface area contributed by atoms with E-state index in [0.29, 0.717) is 0 Å². The van der Waals surface area contributed by atoms with Crippen LogP contribution in [0.4, 0.5) is 0 Å². The predicted octanol–water partition coefficient (Wildman–Crippen LogP) is 7.98. The minimum absolute atomic E-state index is 1.07. The summed E-state index contributed by atoms with van der Waals surface area (Å²) in [7, 11) is 0. The molecule has 0 aliphatic carbocycles. The number of nitrogens with zero attached hydrogens (tertiary/aromatic N) is 1. The highest BCUT2D eigenvalue weighted by Gasteiger charge is 2.13. The van der Waals surface area contributed by atoms with Gasteiger partial charge in [0.2, 0.25) is 0 Å². The van der Waals surface area contributed by atoms with Crippen molar-refractivity contribution in [3.8, 4) is 16.8 Å². The molecule has 0 aliphatic rings. The SMILES string of the molecule is Brc1cc(Br)cc(-c2ccc3c4ccccc4n(-c4ccccc4)c3c2)c1. The second-order valence-electron chi connectivity index (χ2n) is 6.58. The molecule has 1 heterocycles. The van der Waals surface area contributed by atoms with Crippen molar-refractivity contribution in [3.05, 3.63) is 99.9 Å². The molecular weight excluding hydrogens is 462 g/mol. The Morgan fingerprint density at radius 1 is 0.519 bits per heavy atom. The van der Waals surface area contributed by atoms with E-state index in [9.17, 15) is 0 Å². The third kappa shape index (κ3) is 2.91. The van der Waals surface area contributed by atoms with Crippen molar-refractivity contribution < 1.29 is 0 Å². The molecule has 0 amide bonds. The molecule has 0 N–H and O–H groups in total. The van der Waals surface area contributed by atoms with E-state index < -0.39 is 0 Å². The Kier molecular flexibility index (Phi) is 4.14. The van der Waals surface area contributed by atoms with E-state index in [-0.39, 0.29) is 0 Å². The Hall–Kier alpha value is -2.36. The number of hydrogen-bond donors (Lipinski definition) is 0. The summed E-state index contributed by atoms with van der Waals surface area (Å²) in [6.45, 7) is 0. The molecule has 5 rings (SSSR count). The molecule has 0 bridgehead atoms. The van der Waals surface area contributed by atoms with Gasteiger partial charge in [-0.25, -0.2) is 0 Å². The van der Waals surface area contributed by atoms with Gasteiger partial charge in [-0.1, -0.05) is 80.4 Å². The van der Waals surface area contributed by atoms with Crippen molar-refractivity contribution in [1.29, 1.82) is 0 Å². The molecule has 0 aliphatic heterocycles. The van der Waals surface area contributed by atoms with E-state index in [4.69, 9.17) is 0 Å². The monoisotopic (exact) mass is 475 g/mol. The third-order valence-electron chi connectivity index (χ3n) is 4.88. The summed E-state index contributed by atoms with van der Waals surface area (Å²) in [6.07, 6.45) is 0. The van der Waals surface area contributed by atoms with Crippen molar-refractivity contribution in [1.82, 2.24) is 4.57 Å². The fourth-order valence-electron chi connectivity index (χ4n) is 3.73. The Labute approximate surface area is 174 Å². The summed E-state index contributed by atoms with van der Waals surface area (Å²) in [5.74, 6) is 0. The Balaban J connectivity index is 1.85. The van der Waals surface area contributed by atoms with Crippen LogP contribution >= 0.6 is 31.9 Å². The zero-order chi connectivity index (χ0) is 18.4. The Morgan fingerprint density at radius 2 is 1.19 bits per heavy atom. The summed E-state index contributed by atoms with van der Waals surface area (Å²) in [5, 5.41) is 2.55. The lowest BCUT2D eigenvalue weighted by molar-refractivity contribution is 1.18. The lowest BCUT2D eigenvalue weighted by Crippen LogP contribution is -1.93. The molecule has 1 aromatic heterocycles. The number of rotatable bonds is 2.